The molecular weight excluding hydrogens is 674 g/mol. The number of aliphatic hydroxyl groups is 3. The summed E-state index contributed by atoms with van der Waals surface area (Å²) in [5, 5.41) is 41.1. The van der Waals surface area contributed by atoms with Crippen LogP contribution in [0.2, 0.25) is 5.02 Å². The van der Waals surface area contributed by atoms with Gasteiger partial charge in [0.2, 0.25) is 0 Å². The number of rotatable bonds is 21. The number of carbonyl (C=O) groups excluding carboxylic acids is 2. The molecule has 1 fully saturated rings. The van der Waals surface area contributed by atoms with Gasteiger partial charge < -0.3 is 39.1 Å². The predicted octanol–water partition coefficient (Wildman–Crippen LogP) is 5.27. The van der Waals surface area contributed by atoms with Crippen LogP contribution in [0.3, 0.4) is 0 Å². The van der Waals surface area contributed by atoms with Crippen molar-refractivity contribution in [3.05, 3.63) is 93.5 Å². The highest BCUT2D eigenvalue weighted by Crippen LogP contribution is 2.36. The molecule has 13 nitrogen and oxygen atoms in total. The number of halogens is 1. The lowest BCUT2D eigenvalue weighted by molar-refractivity contribution is -0.757. The van der Waals surface area contributed by atoms with Crippen LogP contribution in [0, 0.1) is 22.0 Å². The SMILES string of the molecule is COc1cc(/C=C/C(=O)OCCCCO[N+](=O)[O-])ccc1OC(=O)CCC/C=C\C[C@@H]1[C@@H](/C=C/[C@@H](O)COc2cccc(Cl)c2)[C@H](O)C[C@@H]1O. The first kappa shape index (κ1) is 40.0. The molecule has 272 valence electrons. The summed E-state index contributed by atoms with van der Waals surface area (Å²) < 4.78 is 21.4. The number of ether oxygens (including phenoxy) is 4. The maximum Gasteiger partial charge on any atom is 0.330 e. The van der Waals surface area contributed by atoms with E-state index in [-0.39, 0.29) is 50.2 Å². The standard InChI is InChI=1S/C36H44ClNO12/c1-46-34-21-25(14-18-35(42)47-19-6-7-20-49-38(44)45)13-17-33(34)50-36(43)12-5-3-2-4-11-29-30(32(41)23-31(29)40)16-15-27(39)24-48-28-10-8-9-26(37)22-28/h2,4,8-10,13-18,21-22,27,29-32,39-41H,3,5-7,11-12,19-20,23-24H2,1H3/b4-2-,16-15+,18-14+/t27-,29-,30-,31+,32-/m1/s1. The van der Waals surface area contributed by atoms with E-state index in [9.17, 15) is 35.0 Å². The van der Waals surface area contributed by atoms with Crippen LogP contribution in [0.5, 0.6) is 17.2 Å². The van der Waals surface area contributed by atoms with Crippen molar-refractivity contribution in [1.82, 2.24) is 0 Å². The molecule has 0 spiro atoms. The van der Waals surface area contributed by atoms with E-state index in [1.54, 1.807) is 54.6 Å². The zero-order chi connectivity index (χ0) is 36.3. The molecule has 1 saturated carbocycles. The first-order chi connectivity index (χ1) is 24.0. The number of nitrogens with zero attached hydrogens (tertiary/aromatic N) is 1. The molecule has 1 aliphatic carbocycles. The summed E-state index contributed by atoms with van der Waals surface area (Å²) in [5.74, 6) is -0.504. The average molecular weight is 718 g/mol. The lowest BCUT2D eigenvalue weighted by Gasteiger charge is -2.19. The summed E-state index contributed by atoms with van der Waals surface area (Å²) in [6.45, 7) is 0.0460. The third kappa shape index (κ3) is 14.6. The van der Waals surface area contributed by atoms with E-state index in [2.05, 4.69) is 4.84 Å². The maximum absolute atomic E-state index is 12.5. The zero-order valence-electron chi connectivity index (χ0n) is 27.8. The fraction of sp³-hybridized carbons (Fsp3) is 0.444. The summed E-state index contributed by atoms with van der Waals surface area (Å²) >= 11 is 5.96. The third-order valence-corrected chi connectivity index (χ3v) is 8.05. The van der Waals surface area contributed by atoms with E-state index in [1.807, 2.05) is 12.2 Å². The third-order valence-electron chi connectivity index (χ3n) is 7.82. The summed E-state index contributed by atoms with van der Waals surface area (Å²) in [5.41, 5.74) is 0.611. The highest BCUT2D eigenvalue weighted by molar-refractivity contribution is 6.30. The lowest BCUT2D eigenvalue weighted by Crippen LogP contribution is -2.21. The maximum atomic E-state index is 12.5. The van der Waals surface area contributed by atoms with Crippen LogP contribution >= 0.6 is 11.6 Å². The minimum Gasteiger partial charge on any atom is -0.493 e. The monoisotopic (exact) mass is 717 g/mol. The largest absolute Gasteiger partial charge is 0.493 e. The molecule has 0 unspecified atom stereocenters. The van der Waals surface area contributed by atoms with Crippen LogP contribution in [-0.4, -0.2) is 77.6 Å². The van der Waals surface area contributed by atoms with Crippen molar-refractivity contribution >= 4 is 29.6 Å². The molecule has 2 aromatic carbocycles. The number of esters is 2. The number of aliphatic hydroxyl groups excluding tert-OH is 3. The summed E-state index contributed by atoms with van der Waals surface area (Å²) in [7, 11) is 1.43. The molecule has 2 aromatic rings. The van der Waals surface area contributed by atoms with Gasteiger partial charge in [-0.1, -0.05) is 48.0 Å². The van der Waals surface area contributed by atoms with Gasteiger partial charge in [-0.25, -0.2) is 4.79 Å². The fourth-order valence-electron chi connectivity index (χ4n) is 5.27. The second-order valence-electron chi connectivity index (χ2n) is 11.6. The van der Waals surface area contributed by atoms with Crippen LogP contribution in [-0.2, 0) is 19.2 Å². The smallest absolute Gasteiger partial charge is 0.330 e. The zero-order valence-corrected chi connectivity index (χ0v) is 28.6. The van der Waals surface area contributed by atoms with Crippen molar-refractivity contribution in [2.24, 2.45) is 11.8 Å². The van der Waals surface area contributed by atoms with Crippen LogP contribution in [0.15, 0.2) is 72.8 Å². The van der Waals surface area contributed by atoms with Gasteiger partial charge in [0.25, 0.3) is 5.09 Å². The van der Waals surface area contributed by atoms with E-state index in [0.29, 0.717) is 54.2 Å². The van der Waals surface area contributed by atoms with Crippen molar-refractivity contribution in [2.45, 2.75) is 63.3 Å². The number of unbranched alkanes of at least 4 members (excludes halogenated alkanes) is 2. The fourth-order valence-corrected chi connectivity index (χ4v) is 5.45. The molecule has 5 atom stereocenters. The quantitative estimate of drug-likeness (QED) is 0.0290. The molecule has 0 bridgehead atoms. The summed E-state index contributed by atoms with van der Waals surface area (Å²) in [6.07, 6.45) is 10.4. The molecule has 0 radical (unpaired) electrons. The summed E-state index contributed by atoms with van der Waals surface area (Å²) in [6, 6.07) is 11.7. The van der Waals surface area contributed by atoms with Crippen molar-refractivity contribution in [1.29, 1.82) is 0 Å². The Labute approximate surface area is 295 Å². The topological polar surface area (TPSA) is 184 Å². The van der Waals surface area contributed by atoms with Crippen molar-refractivity contribution in [3.63, 3.8) is 0 Å². The first-order valence-electron chi connectivity index (χ1n) is 16.3. The van der Waals surface area contributed by atoms with Crippen LogP contribution in [0.4, 0.5) is 0 Å². The molecule has 0 heterocycles. The molecule has 0 aliphatic heterocycles. The Bertz CT molecular complexity index is 1480. The molecule has 50 heavy (non-hydrogen) atoms. The Hall–Kier alpha value is -4.43. The number of allylic oxidation sites excluding steroid dienone is 2. The van der Waals surface area contributed by atoms with E-state index < -0.39 is 35.3 Å². The Morgan fingerprint density at radius 1 is 1.06 bits per heavy atom. The Kier molecular flexibility index (Phi) is 17.3. The van der Waals surface area contributed by atoms with Gasteiger partial charge >= 0.3 is 11.9 Å². The van der Waals surface area contributed by atoms with Crippen LogP contribution < -0.4 is 14.2 Å². The number of methoxy groups -OCH3 is 1. The van der Waals surface area contributed by atoms with Gasteiger partial charge in [0, 0.05) is 29.9 Å². The normalized spacial score (nSPS) is 19.5. The van der Waals surface area contributed by atoms with Gasteiger partial charge in [-0.15, -0.1) is 10.1 Å². The van der Waals surface area contributed by atoms with Gasteiger partial charge in [0.1, 0.15) is 18.5 Å². The predicted molar refractivity (Wildman–Crippen MR) is 184 cm³/mol. The van der Waals surface area contributed by atoms with Gasteiger partial charge in [0.05, 0.1) is 32.5 Å². The lowest BCUT2D eigenvalue weighted by atomic mass is 9.89. The summed E-state index contributed by atoms with van der Waals surface area (Å²) in [4.78, 5) is 38.7. The second-order valence-corrected chi connectivity index (χ2v) is 12.0. The molecule has 14 heteroatoms. The van der Waals surface area contributed by atoms with Crippen LogP contribution in [0.1, 0.15) is 50.5 Å². The van der Waals surface area contributed by atoms with E-state index in [0.717, 1.165) is 0 Å². The van der Waals surface area contributed by atoms with Crippen molar-refractivity contribution in [3.8, 4) is 17.2 Å². The van der Waals surface area contributed by atoms with Crippen molar-refractivity contribution in [2.75, 3.05) is 26.9 Å². The van der Waals surface area contributed by atoms with Gasteiger partial charge in [-0.3, -0.25) is 4.79 Å². The Morgan fingerprint density at radius 2 is 1.86 bits per heavy atom. The molecule has 0 amide bonds. The van der Waals surface area contributed by atoms with E-state index >= 15 is 0 Å². The average Bonchev–Trinajstić information content (AvgIpc) is 3.36. The minimum absolute atomic E-state index is 0.0139. The molecule has 3 rings (SSSR count). The number of benzene rings is 2. The van der Waals surface area contributed by atoms with Crippen LogP contribution in [0.25, 0.3) is 6.08 Å². The molecule has 1 aliphatic rings. The second kappa shape index (κ2) is 21.6. The van der Waals surface area contributed by atoms with Gasteiger partial charge in [0.15, 0.2) is 11.5 Å². The Morgan fingerprint density at radius 3 is 2.62 bits per heavy atom. The number of carbonyl (C=O) groups is 2. The molecular formula is C36H44ClNO12. The Balaban J connectivity index is 1.38. The van der Waals surface area contributed by atoms with E-state index in [1.165, 1.54) is 19.3 Å². The molecule has 0 aromatic heterocycles. The van der Waals surface area contributed by atoms with Crippen molar-refractivity contribution < 1.29 is 53.8 Å². The first-order valence-corrected chi connectivity index (χ1v) is 16.7. The highest BCUT2D eigenvalue weighted by atomic mass is 35.5. The van der Waals surface area contributed by atoms with Gasteiger partial charge in [-0.2, -0.15) is 0 Å². The number of hydrogen-bond acceptors (Lipinski definition) is 12. The van der Waals surface area contributed by atoms with Gasteiger partial charge in [-0.05, 0) is 80.0 Å². The minimum atomic E-state index is -0.906. The highest BCUT2D eigenvalue weighted by Gasteiger charge is 2.39. The molecule has 0 saturated heterocycles. The van der Waals surface area contributed by atoms with E-state index in [4.69, 9.17) is 30.5 Å². The number of hydrogen-bond donors (Lipinski definition) is 3. The molecule has 3 N–H and O–H groups in total.